The molecule has 0 spiro atoms. The van der Waals surface area contributed by atoms with E-state index in [4.69, 9.17) is 14.2 Å². The van der Waals surface area contributed by atoms with Crippen molar-refractivity contribution in [1.29, 1.82) is 0 Å². The van der Waals surface area contributed by atoms with Crippen molar-refractivity contribution >= 4 is 5.69 Å². The monoisotopic (exact) mass is 402 g/mol. The molecule has 0 aliphatic carbocycles. The van der Waals surface area contributed by atoms with E-state index in [0.717, 1.165) is 29.9 Å². The summed E-state index contributed by atoms with van der Waals surface area (Å²) in [5.74, 6) is 0.548. The zero-order valence-electron chi connectivity index (χ0n) is 17.1. The number of nitrogens with zero attached hydrogens (tertiary/aromatic N) is 2. The third kappa shape index (κ3) is 3.76. The normalized spacial score (nSPS) is 16.8. The Labute approximate surface area is 169 Å². The highest BCUT2D eigenvalue weighted by Gasteiger charge is 2.28. The number of aromatic nitrogens is 1. The van der Waals surface area contributed by atoms with Crippen LogP contribution < -0.4 is 15.1 Å². The molecule has 1 saturated heterocycles. The van der Waals surface area contributed by atoms with Crippen LogP contribution in [0.25, 0.3) is 11.3 Å². The van der Waals surface area contributed by atoms with Crippen LogP contribution in [0.1, 0.15) is 11.1 Å². The molecule has 1 aromatic heterocycles. The molecule has 1 fully saturated rings. The van der Waals surface area contributed by atoms with Crippen molar-refractivity contribution < 1.29 is 18.6 Å². The SMILES string of the molecule is COC[C@@H](COc1cc(=O)c(C)c2n1CCc1cc(N3CC(F)C3)ccc1-2)OC. The predicted molar refractivity (Wildman–Crippen MR) is 110 cm³/mol. The summed E-state index contributed by atoms with van der Waals surface area (Å²) in [6, 6.07) is 7.73. The average molecular weight is 402 g/mol. The van der Waals surface area contributed by atoms with Gasteiger partial charge in [0.05, 0.1) is 25.4 Å². The van der Waals surface area contributed by atoms with Crippen molar-refractivity contribution in [1.82, 2.24) is 4.57 Å². The fourth-order valence-electron chi connectivity index (χ4n) is 4.05. The highest BCUT2D eigenvalue weighted by atomic mass is 19.1. The molecule has 0 unspecified atom stereocenters. The van der Waals surface area contributed by atoms with Crippen molar-refractivity contribution in [3.63, 3.8) is 0 Å². The average Bonchev–Trinajstić information content (AvgIpc) is 2.70. The second-order valence-electron chi connectivity index (χ2n) is 7.69. The molecule has 3 heterocycles. The summed E-state index contributed by atoms with van der Waals surface area (Å²) in [7, 11) is 3.23. The molecule has 2 aliphatic heterocycles. The van der Waals surface area contributed by atoms with Gasteiger partial charge in [0.25, 0.3) is 0 Å². The minimum absolute atomic E-state index is 0.0492. The number of anilines is 1. The molecule has 4 rings (SSSR count). The maximum atomic E-state index is 13.2. The summed E-state index contributed by atoms with van der Waals surface area (Å²) >= 11 is 0. The number of halogens is 1. The van der Waals surface area contributed by atoms with Gasteiger partial charge in [0.2, 0.25) is 0 Å². The first-order valence-electron chi connectivity index (χ1n) is 9.93. The molecule has 2 aliphatic rings. The summed E-state index contributed by atoms with van der Waals surface area (Å²) in [5, 5.41) is 0. The number of alkyl halides is 1. The van der Waals surface area contributed by atoms with Gasteiger partial charge in [-0.2, -0.15) is 0 Å². The third-order valence-electron chi connectivity index (χ3n) is 5.77. The van der Waals surface area contributed by atoms with E-state index >= 15 is 0 Å². The lowest BCUT2D eigenvalue weighted by molar-refractivity contribution is -0.000948. The molecule has 0 radical (unpaired) electrons. The van der Waals surface area contributed by atoms with Crippen LogP contribution in [0.3, 0.4) is 0 Å². The van der Waals surface area contributed by atoms with Gasteiger partial charge in [-0.05, 0) is 31.0 Å². The number of hydrogen-bond acceptors (Lipinski definition) is 5. The van der Waals surface area contributed by atoms with Gasteiger partial charge in [-0.1, -0.05) is 6.07 Å². The van der Waals surface area contributed by atoms with Crippen LogP contribution in [0.15, 0.2) is 29.1 Å². The van der Waals surface area contributed by atoms with Crippen molar-refractivity contribution in [3.8, 4) is 17.1 Å². The Hall–Kier alpha value is -2.38. The van der Waals surface area contributed by atoms with Gasteiger partial charge in [0.15, 0.2) is 11.3 Å². The van der Waals surface area contributed by atoms with Crippen LogP contribution in [-0.2, 0) is 22.4 Å². The molecular weight excluding hydrogens is 375 g/mol. The van der Waals surface area contributed by atoms with Gasteiger partial charge >= 0.3 is 0 Å². The first-order valence-corrected chi connectivity index (χ1v) is 9.93. The zero-order chi connectivity index (χ0) is 20.5. The molecule has 29 heavy (non-hydrogen) atoms. The van der Waals surface area contributed by atoms with Gasteiger partial charge in [-0.3, -0.25) is 4.79 Å². The van der Waals surface area contributed by atoms with E-state index in [1.165, 1.54) is 5.56 Å². The summed E-state index contributed by atoms with van der Waals surface area (Å²) in [5.41, 5.74) is 4.82. The second-order valence-corrected chi connectivity index (χ2v) is 7.69. The Bertz CT molecular complexity index is 953. The van der Waals surface area contributed by atoms with E-state index in [2.05, 4.69) is 10.6 Å². The molecule has 1 atom stereocenters. The minimum atomic E-state index is -0.735. The lowest BCUT2D eigenvalue weighted by atomic mass is 9.93. The largest absolute Gasteiger partial charge is 0.476 e. The van der Waals surface area contributed by atoms with E-state index in [1.54, 1.807) is 20.3 Å². The number of hydrogen-bond donors (Lipinski definition) is 0. The molecule has 0 amide bonds. The van der Waals surface area contributed by atoms with E-state index in [1.807, 2.05) is 24.0 Å². The van der Waals surface area contributed by atoms with E-state index in [0.29, 0.717) is 37.7 Å². The Kier molecular flexibility index (Phi) is 5.61. The summed E-state index contributed by atoms with van der Waals surface area (Å²) in [4.78, 5) is 14.7. The maximum Gasteiger partial charge on any atom is 0.197 e. The smallest absolute Gasteiger partial charge is 0.197 e. The Morgan fingerprint density at radius 2 is 2.00 bits per heavy atom. The Balaban J connectivity index is 1.66. The van der Waals surface area contributed by atoms with E-state index in [9.17, 15) is 9.18 Å². The topological polar surface area (TPSA) is 52.9 Å². The van der Waals surface area contributed by atoms with Gasteiger partial charge in [-0.15, -0.1) is 0 Å². The zero-order valence-corrected chi connectivity index (χ0v) is 17.1. The molecule has 156 valence electrons. The molecule has 0 saturated carbocycles. The predicted octanol–water partition coefficient (Wildman–Crippen LogP) is 2.58. The second kappa shape index (κ2) is 8.16. The van der Waals surface area contributed by atoms with Crippen LogP contribution in [0.5, 0.6) is 5.88 Å². The van der Waals surface area contributed by atoms with Crippen LogP contribution in [0.4, 0.5) is 10.1 Å². The van der Waals surface area contributed by atoms with Gasteiger partial charge in [0.1, 0.15) is 18.9 Å². The number of rotatable bonds is 7. The highest BCUT2D eigenvalue weighted by Crippen LogP contribution is 2.36. The Morgan fingerprint density at radius 1 is 1.21 bits per heavy atom. The van der Waals surface area contributed by atoms with Crippen LogP contribution >= 0.6 is 0 Å². The molecule has 2 aromatic rings. The molecular formula is C22H27FN2O4. The summed E-state index contributed by atoms with van der Waals surface area (Å²) < 4.78 is 31.8. The highest BCUT2D eigenvalue weighted by molar-refractivity contribution is 5.73. The van der Waals surface area contributed by atoms with E-state index in [-0.39, 0.29) is 11.5 Å². The lowest BCUT2D eigenvalue weighted by Crippen LogP contribution is -2.48. The fourth-order valence-corrected chi connectivity index (χ4v) is 4.05. The maximum absolute atomic E-state index is 13.2. The van der Waals surface area contributed by atoms with E-state index < -0.39 is 6.17 Å². The molecule has 0 bridgehead atoms. The quantitative estimate of drug-likeness (QED) is 0.713. The van der Waals surface area contributed by atoms with Crippen molar-refractivity contribution in [2.75, 3.05) is 45.4 Å². The third-order valence-corrected chi connectivity index (χ3v) is 5.77. The standard InChI is InChI=1S/C22H27FN2O4/c1-14-20(26)9-21(29-13-18(28-3)12-27-2)25-7-6-15-8-17(24-10-16(23)11-24)4-5-19(15)22(14)25/h4-5,8-9,16,18H,6-7,10-13H2,1-3H3/t18-/m0/s1. The number of benzene rings is 1. The molecule has 0 N–H and O–H groups in total. The van der Waals surface area contributed by atoms with Crippen LogP contribution in [0, 0.1) is 6.92 Å². The van der Waals surface area contributed by atoms with Crippen LogP contribution in [-0.4, -0.2) is 57.4 Å². The molecule has 1 aromatic carbocycles. The van der Waals surface area contributed by atoms with Crippen molar-refractivity contribution in [2.45, 2.75) is 32.2 Å². The molecule has 6 nitrogen and oxygen atoms in total. The van der Waals surface area contributed by atoms with Gasteiger partial charge in [0, 0.05) is 43.6 Å². The Morgan fingerprint density at radius 3 is 2.69 bits per heavy atom. The molecule has 7 heteroatoms. The summed E-state index contributed by atoms with van der Waals surface area (Å²) in [6.45, 7) is 4.20. The first-order chi connectivity index (χ1) is 14.0. The number of methoxy groups -OCH3 is 2. The number of aryl methyl sites for hydroxylation is 1. The van der Waals surface area contributed by atoms with Crippen molar-refractivity contribution in [2.24, 2.45) is 0 Å². The van der Waals surface area contributed by atoms with Gasteiger partial charge < -0.3 is 23.7 Å². The van der Waals surface area contributed by atoms with Crippen LogP contribution in [0.2, 0.25) is 0 Å². The number of fused-ring (bicyclic) bond motifs is 3. The fraction of sp³-hybridized carbons (Fsp3) is 0.500. The first kappa shape index (κ1) is 19.9. The number of ether oxygens (including phenoxy) is 3. The van der Waals surface area contributed by atoms with Crippen molar-refractivity contribution in [3.05, 3.63) is 45.6 Å². The summed E-state index contributed by atoms with van der Waals surface area (Å²) in [6.07, 6.45) is -0.115. The van der Waals surface area contributed by atoms with Gasteiger partial charge in [-0.25, -0.2) is 4.39 Å². The number of pyridine rings is 1. The lowest BCUT2D eigenvalue weighted by Gasteiger charge is -2.37. The minimum Gasteiger partial charge on any atom is -0.476 e.